The van der Waals surface area contributed by atoms with Crippen molar-refractivity contribution in [2.24, 2.45) is 0 Å². The molecule has 0 radical (unpaired) electrons. The van der Waals surface area contributed by atoms with Crippen molar-refractivity contribution in [1.82, 2.24) is 0 Å². The van der Waals surface area contributed by atoms with Gasteiger partial charge in [0.2, 0.25) is 0 Å². The molecule has 0 spiro atoms. The first-order valence-electron chi connectivity index (χ1n) is 17.7. The summed E-state index contributed by atoms with van der Waals surface area (Å²) in [5.74, 6) is 0. The van der Waals surface area contributed by atoms with Crippen LogP contribution in [0, 0.1) is 0 Å². The van der Waals surface area contributed by atoms with Crippen LogP contribution in [-0.2, 0) is 0 Å². The Bertz CT molecular complexity index is 2680. The minimum Gasteiger partial charge on any atom is -0.331 e. The first-order valence-corrected chi connectivity index (χ1v) is 17.7. The largest absolute Gasteiger partial charge is 0.331 e. The molecule has 2 unspecified atom stereocenters. The van der Waals surface area contributed by atoms with E-state index in [2.05, 4.69) is 164 Å². The van der Waals surface area contributed by atoms with Crippen LogP contribution in [0.15, 0.2) is 140 Å². The van der Waals surface area contributed by atoms with Crippen molar-refractivity contribution in [1.29, 1.82) is 0 Å². The van der Waals surface area contributed by atoms with E-state index in [9.17, 15) is 0 Å². The summed E-state index contributed by atoms with van der Waals surface area (Å²) in [6, 6.07) is 52.2. The maximum atomic E-state index is 3.74. The lowest BCUT2D eigenvalue weighted by atomic mass is 9.85. The summed E-state index contributed by atoms with van der Waals surface area (Å²) in [7, 11) is 0. The van der Waals surface area contributed by atoms with Gasteiger partial charge in [-0.3, -0.25) is 0 Å². The molecule has 1 heterocycles. The van der Waals surface area contributed by atoms with Gasteiger partial charge in [-0.05, 0) is 113 Å². The third kappa shape index (κ3) is 4.31. The van der Waals surface area contributed by atoms with Crippen molar-refractivity contribution < 1.29 is 4.90 Å². The number of rotatable bonds is 4. The first kappa shape index (κ1) is 28.3. The molecule has 1 aliphatic heterocycles. The highest BCUT2D eigenvalue weighted by Crippen LogP contribution is 2.44. The average Bonchev–Trinajstić information content (AvgIpc) is 3.56. The number of quaternary nitrogens is 1. The van der Waals surface area contributed by atoms with Gasteiger partial charge in [0, 0.05) is 24.6 Å². The Labute approximate surface area is 286 Å². The molecule has 0 saturated heterocycles. The molecular formula is C47H37N2+. The predicted octanol–water partition coefficient (Wildman–Crippen LogP) is 10.00. The minimum absolute atomic E-state index is 0.324. The SMILES string of the molecule is CCC1Nc2ccccc2[NH+]1c1ccc(-c2c3ccccc3c(-c3ccc4c(c3)c3c(c5ccccc54)=CCCC=3)c3ccccc23)cc1. The van der Waals surface area contributed by atoms with Crippen LogP contribution in [0.1, 0.15) is 26.2 Å². The highest BCUT2D eigenvalue weighted by Gasteiger charge is 2.34. The summed E-state index contributed by atoms with van der Waals surface area (Å²) in [5.41, 5.74) is 8.98. The highest BCUT2D eigenvalue weighted by molar-refractivity contribution is 6.22. The number of benzene rings is 8. The Morgan fingerprint density at radius 1 is 0.510 bits per heavy atom. The van der Waals surface area contributed by atoms with E-state index in [-0.39, 0.29) is 0 Å². The molecule has 0 bridgehead atoms. The zero-order chi connectivity index (χ0) is 32.5. The molecule has 8 aromatic carbocycles. The Morgan fingerprint density at radius 2 is 1.02 bits per heavy atom. The quantitative estimate of drug-likeness (QED) is 0.146. The van der Waals surface area contributed by atoms with E-state index in [1.54, 1.807) is 0 Å². The van der Waals surface area contributed by atoms with Gasteiger partial charge in [-0.15, -0.1) is 0 Å². The Kier molecular flexibility index (Phi) is 6.47. The normalized spacial score (nSPS) is 16.7. The topological polar surface area (TPSA) is 16.5 Å². The third-order valence-corrected chi connectivity index (χ3v) is 11.0. The minimum atomic E-state index is 0.324. The number of hydrogen-bond donors (Lipinski definition) is 2. The van der Waals surface area contributed by atoms with Crippen molar-refractivity contribution in [2.75, 3.05) is 5.32 Å². The molecule has 2 nitrogen and oxygen atoms in total. The van der Waals surface area contributed by atoms with Gasteiger partial charge in [0.05, 0.1) is 0 Å². The maximum Gasteiger partial charge on any atom is 0.170 e. The van der Waals surface area contributed by atoms with E-state index < -0.39 is 0 Å². The zero-order valence-electron chi connectivity index (χ0n) is 27.6. The monoisotopic (exact) mass is 629 g/mol. The molecule has 2 aliphatic rings. The summed E-state index contributed by atoms with van der Waals surface area (Å²) in [4.78, 5) is 1.40. The number of para-hydroxylation sites is 2. The van der Waals surface area contributed by atoms with Crippen LogP contribution in [0.2, 0.25) is 0 Å². The molecule has 0 amide bonds. The molecule has 49 heavy (non-hydrogen) atoms. The van der Waals surface area contributed by atoms with Gasteiger partial charge in [0.1, 0.15) is 11.4 Å². The smallest absolute Gasteiger partial charge is 0.170 e. The van der Waals surface area contributed by atoms with Crippen LogP contribution in [0.25, 0.3) is 77.5 Å². The zero-order valence-corrected chi connectivity index (χ0v) is 27.6. The fourth-order valence-corrected chi connectivity index (χ4v) is 8.82. The molecule has 0 saturated carbocycles. The van der Waals surface area contributed by atoms with Crippen LogP contribution >= 0.6 is 0 Å². The van der Waals surface area contributed by atoms with E-state index in [0.717, 1.165) is 19.3 Å². The molecule has 234 valence electrons. The maximum absolute atomic E-state index is 3.74. The lowest BCUT2D eigenvalue weighted by Gasteiger charge is -2.21. The molecule has 1 aliphatic carbocycles. The van der Waals surface area contributed by atoms with Crippen molar-refractivity contribution in [3.8, 4) is 22.3 Å². The van der Waals surface area contributed by atoms with Gasteiger partial charge < -0.3 is 5.32 Å². The van der Waals surface area contributed by atoms with Crippen LogP contribution in [0.5, 0.6) is 0 Å². The van der Waals surface area contributed by atoms with Crippen LogP contribution in [0.4, 0.5) is 17.1 Å². The fourth-order valence-electron chi connectivity index (χ4n) is 8.82. The molecule has 0 aromatic heterocycles. The van der Waals surface area contributed by atoms with E-state index in [4.69, 9.17) is 0 Å². The second-order valence-corrected chi connectivity index (χ2v) is 13.6. The molecule has 2 heteroatoms. The fraction of sp³-hybridized carbons (Fsp3) is 0.106. The van der Waals surface area contributed by atoms with Crippen molar-refractivity contribution in [3.63, 3.8) is 0 Å². The van der Waals surface area contributed by atoms with Crippen molar-refractivity contribution in [3.05, 3.63) is 150 Å². The van der Waals surface area contributed by atoms with Crippen molar-refractivity contribution >= 4 is 72.3 Å². The van der Waals surface area contributed by atoms with Gasteiger partial charge >= 0.3 is 0 Å². The molecule has 8 aromatic rings. The summed E-state index contributed by atoms with van der Waals surface area (Å²) in [6.07, 6.45) is 8.46. The molecule has 10 rings (SSSR count). The second kappa shape index (κ2) is 11.2. The second-order valence-electron chi connectivity index (χ2n) is 13.6. The van der Waals surface area contributed by atoms with Gasteiger partial charge in [-0.1, -0.05) is 116 Å². The lowest BCUT2D eigenvalue weighted by molar-refractivity contribution is -0.780. The number of nitrogens with one attached hydrogen (secondary N) is 2. The average molecular weight is 630 g/mol. The third-order valence-electron chi connectivity index (χ3n) is 11.0. The molecular weight excluding hydrogens is 593 g/mol. The molecule has 2 atom stereocenters. The number of hydrogen-bond acceptors (Lipinski definition) is 1. The van der Waals surface area contributed by atoms with Crippen LogP contribution in [-0.4, -0.2) is 6.17 Å². The standard InChI is InChI=1S/C47H36N2/c1-2-45-48-43-21-11-12-22-44(43)49(45)32-26-23-30(24-27-32)46-38-17-7-9-19-40(38)47(41-20-10-8-18-39(41)46)31-25-28-37-35-15-4-3-13-33(35)34-14-5-6-16-36(34)42(37)29-31/h3-4,7-29,45,48H,2,5-6H2,1H3/p+1. The highest BCUT2D eigenvalue weighted by atomic mass is 15.3. The van der Waals surface area contributed by atoms with Gasteiger partial charge in [0.25, 0.3) is 0 Å². The summed E-state index contributed by atoms with van der Waals surface area (Å²) >= 11 is 0. The lowest BCUT2D eigenvalue weighted by Crippen LogP contribution is -3.05. The van der Waals surface area contributed by atoms with Crippen LogP contribution < -0.4 is 20.7 Å². The molecule has 2 N–H and O–H groups in total. The van der Waals surface area contributed by atoms with E-state index >= 15 is 0 Å². The molecule has 0 fully saturated rings. The van der Waals surface area contributed by atoms with Crippen LogP contribution in [0.3, 0.4) is 0 Å². The van der Waals surface area contributed by atoms with Gasteiger partial charge in [0.15, 0.2) is 11.9 Å². The summed E-state index contributed by atoms with van der Waals surface area (Å²) in [6.45, 7) is 2.26. The number of anilines is 1. The van der Waals surface area contributed by atoms with Gasteiger partial charge in [-0.25, -0.2) is 4.90 Å². The first-order chi connectivity index (χ1) is 24.3. The van der Waals surface area contributed by atoms with Gasteiger partial charge in [-0.2, -0.15) is 0 Å². The Hall–Kier alpha value is -5.70. The van der Waals surface area contributed by atoms with E-state index in [1.807, 2.05) is 0 Å². The summed E-state index contributed by atoms with van der Waals surface area (Å²) in [5, 5.41) is 17.1. The Morgan fingerprint density at radius 3 is 1.67 bits per heavy atom. The van der Waals surface area contributed by atoms with Crippen molar-refractivity contribution in [2.45, 2.75) is 32.4 Å². The summed E-state index contributed by atoms with van der Waals surface area (Å²) < 4.78 is 0. The van der Waals surface area contributed by atoms with E-state index in [0.29, 0.717) is 6.17 Å². The number of fused-ring (bicyclic) bond motifs is 9. The Balaban J connectivity index is 1.19. The van der Waals surface area contributed by atoms with E-state index in [1.165, 1.54) is 97.7 Å². The predicted molar refractivity (Wildman–Crippen MR) is 209 cm³/mol.